The van der Waals surface area contributed by atoms with Crippen molar-refractivity contribution in [2.24, 2.45) is 5.92 Å². The Balaban J connectivity index is 1.68. The predicted molar refractivity (Wildman–Crippen MR) is 87.3 cm³/mol. The van der Waals surface area contributed by atoms with Crippen LogP contribution < -0.4 is 10.6 Å². The molecule has 8 heteroatoms. The van der Waals surface area contributed by atoms with Gasteiger partial charge < -0.3 is 10.6 Å². The molecule has 2 amide bonds. The normalized spacial score (nSPS) is 15.9. The average molecular weight is 328 g/mol. The van der Waals surface area contributed by atoms with Crippen LogP contribution in [0.2, 0.25) is 0 Å². The number of carbonyl (C=O) groups excluding carboxylic acids is 2. The highest BCUT2D eigenvalue weighted by atomic mass is 16.2. The molecule has 8 nitrogen and oxygen atoms in total. The van der Waals surface area contributed by atoms with E-state index in [2.05, 4.69) is 25.7 Å². The van der Waals surface area contributed by atoms with Gasteiger partial charge in [-0.25, -0.2) is 14.6 Å². The van der Waals surface area contributed by atoms with Crippen LogP contribution in [-0.2, 0) is 9.59 Å². The second-order valence-corrected chi connectivity index (χ2v) is 5.96. The van der Waals surface area contributed by atoms with Crippen LogP contribution in [0.3, 0.4) is 0 Å². The zero-order chi connectivity index (χ0) is 16.9. The van der Waals surface area contributed by atoms with Gasteiger partial charge in [-0.15, -0.1) is 0 Å². The minimum Gasteiger partial charge on any atom is -0.344 e. The van der Waals surface area contributed by atoms with E-state index in [9.17, 15) is 9.59 Å². The monoisotopic (exact) mass is 328 g/mol. The van der Waals surface area contributed by atoms with E-state index in [-0.39, 0.29) is 17.7 Å². The van der Waals surface area contributed by atoms with Crippen LogP contribution in [0, 0.1) is 5.92 Å². The molecule has 3 rings (SSSR count). The van der Waals surface area contributed by atoms with Crippen molar-refractivity contribution in [1.82, 2.24) is 25.1 Å². The van der Waals surface area contributed by atoms with E-state index >= 15 is 0 Å². The summed E-state index contributed by atoms with van der Waals surface area (Å²) in [6.07, 6.45) is 8.66. The summed E-state index contributed by atoms with van der Waals surface area (Å²) in [6.45, 7) is 1.43. The maximum absolute atomic E-state index is 12.6. The number of rotatable bonds is 5. The zero-order valence-electron chi connectivity index (χ0n) is 13.5. The molecule has 2 N–H and O–H groups in total. The standard InChI is InChI=1S/C16H20N6O2/c1-11(23)20-15(12-4-2-3-5-12)16(24)21-13-6-7-14(18-8-13)22-10-17-9-19-22/h6-10,12,15H,2-5H2,1H3,(H,20,23)(H,21,24)/t15-/m0/s1. The van der Waals surface area contributed by atoms with Crippen LogP contribution in [0.15, 0.2) is 31.0 Å². The SMILES string of the molecule is CC(=O)N[C@H](C(=O)Nc1ccc(-n2cncn2)nc1)C1CCCC1. The van der Waals surface area contributed by atoms with Crippen molar-refractivity contribution in [1.29, 1.82) is 0 Å². The first-order chi connectivity index (χ1) is 11.6. The molecule has 2 aromatic rings. The van der Waals surface area contributed by atoms with Crippen LogP contribution in [0.4, 0.5) is 5.69 Å². The number of amides is 2. The van der Waals surface area contributed by atoms with Crippen molar-refractivity contribution in [3.05, 3.63) is 31.0 Å². The fourth-order valence-corrected chi connectivity index (χ4v) is 3.05. The molecule has 0 bridgehead atoms. The van der Waals surface area contributed by atoms with Gasteiger partial charge in [0.2, 0.25) is 11.8 Å². The zero-order valence-corrected chi connectivity index (χ0v) is 13.5. The summed E-state index contributed by atoms with van der Waals surface area (Å²) in [5, 5.41) is 9.62. The Hall–Kier alpha value is -2.77. The smallest absolute Gasteiger partial charge is 0.247 e. The first kappa shape index (κ1) is 16.1. The average Bonchev–Trinajstić information content (AvgIpc) is 3.26. The Bertz CT molecular complexity index is 692. The van der Waals surface area contributed by atoms with Gasteiger partial charge in [-0.2, -0.15) is 5.10 Å². The van der Waals surface area contributed by atoms with Crippen LogP contribution in [-0.4, -0.2) is 37.6 Å². The van der Waals surface area contributed by atoms with Gasteiger partial charge in [-0.05, 0) is 30.9 Å². The van der Waals surface area contributed by atoms with Gasteiger partial charge in [0, 0.05) is 6.92 Å². The molecule has 2 aromatic heterocycles. The van der Waals surface area contributed by atoms with Gasteiger partial charge in [0.15, 0.2) is 5.82 Å². The molecule has 0 unspecified atom stereocenters. The molecular formula is C16H20N6O2. The molecule has 1 aliphatic rings. The molecule has 0 radical (unpaired) electrons. The van der Waals surface area contributed by atoms with Gasteiger partial charge in [0.1, 0.15) is 18.7 Å². The second-order valence-electron chi connectivity index (χ2n) is 5.96. The predicted octanol–water partition coefficient (Wildman–Crippen LogP) is 1.30. The summed E-state index contributed by atoms with van der Waals surface area (Å²) >= 11 is 0. The second kappa shape index (κ2) is 7.20. The first-order valence-electron chi connectivity index (χ1n) is 8.02. The number of carbonyl (C=O) groups is 2. The fourth-order valence-electron chi connectivity index (χ4n) is 3.05. The molecule has 2 heterocycles. The molecule has 1 aliphatic carbocycles. The molecule has 0 aromatic carbocycles. The van der Waals surface area contributed by atoms with Crippen molar-refractivity contribution in [2.75, 3.05) is 5.32 Å². The Morgan fingerprint density at radius 3 is 2.67 bits per heavy atom. The molecule has 1 atom stereocenters. The number of pyridine rings is 1. The van der Waals surface area contributed by atoms with Gasteiger partial charge >= 0.3 is 0 Å². The van der Waals surface area contributed by atoms with Crippen LogP contribution in [0.5, 0.6) is 0 Å². The number of hydrogen-bond donors (Lipinski definition) is 2. The van der Waals surface area contributed by atoms with Gasteiger partial charge in [-0.3, -0.25) is 9.59 Å². The lowest BCUT2D eigenvalue weighted by Gasteiger charge is -2.23. The van der Waals surface area contributed by atoms with Crippen molar-refractivity contribution >= 4 is 17.5 Å². The molecular weight excluding hydrogens is 308 g/mol. The summed E-state index contributed by atoms with van der Waals surface area (Å²) in [6, 6.07) is 2.99. The minimum atomic E-state index is -0.500. The van der Waals surface area contributed by atoms with Gasteiger partial charge in [0.05, 0.1) is 11.9 Å². The molecule has 1 saturated carbocycles. The van der Waals surface area contributed by atoms with E-state index in [4.69, 9.17) is 0 Å². The van der Waals surface area contributed by atoms with Crippen LogP contribution in [0.1, 0.15) is 32.6 Å². The Kier molecular flexibility index (Phi) is 4.83. The number of nitrogens with one attached hydrogen (secondary N) is 2. The molecule has 0 saturated heterocycles. The number of aromatic nitrogens is 4. The molecule has 0 spiro atoms. The molecule has 0 aliphatic heterocycles. The highest BCUT2D eigenvalue weighted by molar-refractivity contribution is 5.97. The Morgan fingerprint density at radius 2 is 2.08 bits per heavy atom. The van der Waals surface area contributed by atoms with E-state index in [0.717, 1.165) is 25.7 Å². The third-order valence-corrected chi connectivity index (χ3v) is 4.18. The lowest BCUT2D eigenvalue weighted by atomic mass is 9.97. The summed E-state index contributed by atoms with van der Waals surface area (Å²) in [5.41, 5.74) is 0.581. The summed E-state index contributed by atoms with van der Waals surface area (Å²) in [5.74, 6) is 0.407. The fraction of sp³-hybridized carbons (Fsp3) is 0.438. The van der Waals surface area contributed by atoms with Gasteiger partial charge in [0.25, 0.3) is 0 Å². The summed E-state index contributed by atoms with van der Waals surface area (Å²) < 4.78 is 1.53. The number of anilines is 1. The minimum absolute atomic E-state index is 0.191. The third kappa shape index (κ3) is 3.76. The maximum atomic E-state index is 12.6. The highest BCUT2D eigenvalue weighted by Gasteiger charge is 2.31. The van der Waals surface area contributed by atoms with Crippen LogP contribution >= 0.6 is 0 Å². The maximum Gasteiger partial charge on any atom is 0.247 e. The largest absolute Gasteiger partial charge is 0.344 e. The molecule has 24 heavy (non-hydrogen) atoms. The number of nitrogens with zero attached hydrogens (tertiary/aromatic N) is 4. The van der Waals surface area contributed by atoms with E-state index in [1.807, 2.05) is 0 Å². The van der Waals surface area contributed by atoms with Crippen molar-refractivity contribution in [3.63, 3.8) is 0 Å². The van der Waals surface area contributed by atoms with Crippen molar-refractivity contribution in [3.8, 4) is 5.82 Å². The molecule has 1 fully saturated rings. The van der Waals surface area contributed by atoms with E-state index in [0.29, 0.717) is 11.5 Å². The van der Waals surface area contributed by atoms with E-state index < -0.39 is 6.04 Å². The lowest BCUT2D eigenvalue weighted by Crippen LogP contribution is -2.47. The van der Waals surface area contributed by atoms with Crippen molar-refractivity contribution in [2.45, 2.75) is 38.6 Å². The summed E-state index contributed by atoms with van der Waals surface area (Å²) in [7, 11) is 0. The topological polar surface area (TPSA) is 102 Å². The number of hydrogen-bond acceptors (Lipinski definition) is 5. The Morgan fingerprint density at radius 1 is 1.29 bits per heavy atom. The summed E-state index contributed by atoms with van der Waals surface area (Å²) in [4.78, 5) is 32.1. The third-order valence-electron chi connectivity index (χ3n) is 4.18. The lowest BCUT2D eigenvalue weighted by molar-refractivity contribution is -0.126. The van der Waals surface area contributed by atoms with E-state index in [1.54, 1.807) is 24.7 Å². The van der Waals surface area contributed by atoms with Crippen molar-refractivity contribution < 1.29 is 9.59 Å². The first-order valence-corrected chi connectivity index (χ1v) is 8.02. The Labute approximate surface area is 139 Å². The van der Waals surface area contributed by atoms with Gasteiger partial charge in [-0.1, -0.05) is 12.8 Å². The van der Waals surface area contributed by atoms with Crippen LogP contribution in [0.25, 0.3) is 5.82 Å². The quantitative estimate of drug-likeness (QED) is 0.861. The highest BCUT2D eigenvalue weighted by Crippen LogP contribution is 2.28. The molecule has 126 valence electrons. The van der Waals surface area contributed by atoms with E-state index in [1.165, 1.54) is 17.9 Å².